The molecule has 2 rings (SSSR count). The molecule has 0 spiro atoms. The first-order valence-corrected chi connectivity index (χ1v) is 6.22. The first-order chi connectivity index (χ1) is 9.10. The zero-order valence-corrected chi connectivity index (χ0v) is 11.4. The molecule has 0 saturated carbocycles. The second-order valence-electron chi connectivity index (χ2n) is 3.81. The molecule has 0 aliphatic carbocycles. The molecule has 0 atom stereocenters. The number of nitriles is 1. The third-order valence-electron chi connectivity index (χ3n) is 2.47. The van der Waals surface area contributed by atoms with Crippen LogP contribution in [0.4, 0.5) is 5.69 Å². The van der Waals surface area contributed by atoms with Gasteiger partial charge in [-0.25, -0.2) is 0 Å². The Bertz CT molecular complexity index is 662. The average molecular weight is 289 g/mol. The van der Waals surface area contributed by atoms with Crippen LogP contribution in [0.3, 0.4) is 0 Å². The highest BCUT2D eigenvalue weighted by atomic mass is 35.5. The Morgan fingerprint density at radius 1 is 1.21 bits per heavy atom. The van der Waals surface area contributed by atoms with Crippen LogP contribution < -0.4 is 5.32 Å². The minimum Gasteiger partial charge on any atom is -0.321 e. The van der Waals surface area contributed by atoms with E-state index in [1.165, 1.54) is 6.07 Å². The normalized spacial score (nSPS) is 9.74. The van der Waals surface area contributed by atoms with Gasteiger partial charge in [0, 0.05) is 10.5 Å². The van der Waals surface area contributed by atoms with Gasteiger partial charge in [0.25, 0.3) is 5.91 Å². The van der Waals surface area contributed by atoms with Crippen molar-refractivity contribution in [2.45, 2.75) is 4.90 Å². The second-order valence-corrected chi connectivity index (χ2v) is 4.73. The van der Waals surface area contributed by atoms with Gasteiger partial charge in [-0.05, 0) is 42.5 Å². The lowest BCUT2D eigenvalue weighted by molar-refractivity contribution is 0.102. The number of nitrogens with one attached hydrogen (secondary N) is 1. The largest absolute Gasteiger partial charge is 0.321 e. The van der Waals surface area contributed by atoms with Crippen LogP contribution in [-0.4, -0.2) is 5.91 Å². The molecule has 0 aromatic heterocycles. The van der Waals surface area contributed by atoms with E-state index < -0.39 is 0 Å². The molecule has 2 aromatic rings. The first-order valence-electron chi connectivity index (χ1n) is 5.40. The maximum atomic E-state index is 12.0. The summed E-state index contributed by atoms with van der Waals surface area (Å²) in [5, 5.41) is 11.9. The van der Waals surface area contributed by atoms with Crippen LogP contribution in [0, 0.1) is 11.3 Å². The number of rotatable bonds is 2. The Labute approximate surface area is 121 Å². The highest BCUT2D eigenvalue weighted by Gasteiger charge is 2.09. The van der Waals surface area contributed by atoms with Gasteiger partial charge in [-0.15, -0.1) is 12.6 Å². The summed E-state index contributed by atoms with van der Waals surface area (Å²) in [6, 6.07) is 13.5. The Morgan fingerprint density at radius 2 is 1.89 bits per heavy atom. The Balaban J connectivity index is 2.24. The van der Waals surface area contributed by atoms with E-state index in [-0.39, 0.29) is 5.91 Å². The minimum absolute atomic E-state index is 0.287. The van der Waals surface area contributed by atoms with E-state index >= 15 is 0 Å². The van der Waals surface area contributed by atoms with Crippen LogP contribution in [0.5, 0.6) is 0 Å². The third kappa shape index (κ3) is 3.28. The predicted octanol–water partition coefficient (Wildman–Crippen LogP) is 3.75. The van der Waals surface area contributed by atoms with Gasteiger partial charge in [0.2, 0.25) is 0 Å². The van der Waals surface area contributed by atoms with Crippen molar-refractivity contribution in [3.8, 4) is 6.07 Å². The molecular formula is C14H9ClN2OS. The van der Waals surface area contributed by atoms with Crippen molar-refractivity contribution in [1.29, 1.82) is 5.26 Å². The number of amides is 1. The van der Waals surface area contributed by atoms with Crippen molar-refractivity contribution < 1.29 is 4.79 Å². The first kappa shape index (κ1) is 13.5. The molecule has 19 heavy (non-hydrogen) atoms. The Hall–Kier alpha value is -1.96. The van der Waals surface area contributed by atoms with Crippen molar-refractivity contribution in [3.63, 3.8) is 0 Å². The molecule has 0 aliphatic heterocycles. The number of thiol groups is 1. The van der Waals surface area contributed by atoms with Gasteiger partial charge < -0.3 is 5.32 Å². The van der Waals surface area contributed by atoms with Crippen LogP contribution in [0.15, 0.2) is 47.4 Å². The molecule has 0 saturated heterocycles. The molecular weight excluding hydrogens is 280 g/mol. The topological polar surface area (TPSA) is 52.9 Å². The summed E-state index contributed by atoms with van der Waals surface area (Å²) in [5.74, 6) is -0.287. The van der Waals surface area contributed by atoms with Crippen LogP contribution in [0.25, 0.3) is 0 Å². The van der Waals surface area contributed by atoms with Crippen molar-refractivity contribution in [2.24, 2.45) is 0 Å². The quantitative estimate of drug-likeness (QED) is 0.827. The number of anilines is 1. The van der Waals surface area contributed by atoms with Gasteiger partial charge in [-0.2, -0.15) is 5.26 Å². The smallest absolute Gasteiger partial charge is 0.255 e. The van der Waals surface area contributed by atoms with Gasteiger partial charge in [0.05, 0.1) is 22.3 Å². The van der Waals surface area contributed by atoms with Gasteiger partial charge in [0.15, 0.2) is 0 Å². The zero-order valence-electron chi connectivity index (χ0n) is 9.72. The van der Waals surface area contributed by atoms with E-state index in [0.717, 1.165) is 4.90 Å². The zero-order chi connectivity index (χ0) is 13.8. The second kappa shape index (κ2) is 5.79. The van der Waals surface area contributed by atoms with Gasteiger partial charge in [-0.3, -0.25) is 4.79 Å². The van der Waals surface area contributed by atoms with Crippen LogP contribution in [-0.2, 0) is 0 Å². The van der Waals surface area contributed by atoms with Crippen molar-refractivity contribution >= 4 is 35.8 Å². The van der Waals surface area contributed by atoms with Crippen LogP contribution in [0.1, 0.15) is 15.9 Å². The number of carbonyl (C=O) groups is 1. The molecule has 1 amide bonds. The van der Waals surface area contributed by atoms with E-state index in [9.17, 15) is 4.79 Å². The van der Waals surface area contributed by atoms with Crippen molar-refractivity contribution in [2.75, 3.05) is 5.32 Å². The predicted molar refractivity (Wildman–Crippen MR) is 77.8 cm³/mol. The summed E-state index contributed by atoms with van der Waals surface area (Å²) >= 11 is 10.1. The van der Waals surface area contributed by atoms with E-state index in [4.69, 9.17) is 16.9 Å². The summed E-state index contributed by atoms with van der Waals surface area (Å²) in [7, 11) is 0. The average Bonchev–Trinajstić information content (AvgIpc) is 2.42. The Morgan fingerprint density at radius 3 is 2.53 bits per heavy atom. The monoisotopic (exact) mass is 288 g/mol. The minimum atomic E-state index is -0.287. The van der Waals surface area contributed by atoms with Crippen molar-refractivity contribution in [3.05, 3.63) is 58.6 Å². The lowest BCUT2D eigenvalue weighted by Gasteiger charge is -2.07. The standard InChI is InChI=1S/C14H9ClN2OS/c15-12-6-1-9(8-16)7-13(12)17-14(18)10-2-4-11(19)5-3-10/h1-7,19H,(H,17,18). The fraction of sp³-hybridized carbons (Fsp3) is 0. The number of benzene rings is 2. The van der Waals surface area contributed by atoms with Gasteiger partial charge in [-0.1, -0.05) is 11.6 Å². The molecule has 1 N–H and O–H groups in total. The molecule has 0 aliphatic rings. The molecule has 0 bridgehead atoms. The maximum Gasteiger partial charge on any atom is 0.255 e. The molecule has 0 radical (unpaired) electrons. The summed E-state index contributed by atoms with van der Waals surface area (Å²) in [6.07, 6.45) is 0. The summed E-state index contributed by atoms with van der Waals surface area (Å²) in [4.78, 5) is 12.8. The molecule has 5 heteroatoms. The number of hydrogen-bond acceptors (Lipinski definition) is 3. The van der Waals surface area contributed by atoms with Gasteiger partial charge >= 0.3 is 0 Å². The summed E-state index contributed by atoms with van der Waals surface area (Å²) in [6.45, 7) is 0. The lowest BCUT2D eigenvalue weighted by atomic mass is 10.2. The number of carbonyl (C=O) groups excluding carboxylic acids is 1. The van der Waals surface area contributed by atoms with Crippen molar-refractivity contribution in [1.82, 2.24) is 0 Å². The Kier molecular flexibility index (Phi) is 4.10. The molecule has 94 valence electrons. The number of hydrogen-bond donors (Lipinski definition) is 2. The number of nitrogens with zero attached hydrogens (tertiary/aromatic N) is 1. The van der Waals surface area contributed by atoms with Crippen LogP contribution in [0.2, 0.25) is 5.02 Å². The molecule has 0 heterocycles. The van der Waals surface area contributed by atoms with Gasteiger partial charge in [0.1, 0.15) is 0 Å². The van der Waals surface area contributed by atoms with E-state index in [1.54, 1.807) is 36.4 Å². The van der Waals surface area contributed by atoms with E-state index in [2.05, 4.69) is 17.9 Å². The summed E-state index contributed by atoms with van der Waals surface area (Å²) < 4.78 is 0. The fourth-order valence-electron chi connectivity index (χ4n) is 1.50. The van der Waals surface area contributed by atoms with E-state index in [1.807, 2.05) is 6.07 Å². The van der Waals surface area contributed by atoms with Crippen LogP contribution >= 0.6 is 24.2 Å². The lowest BCUT2D eigenvalue weighted by Crippen LogP contribution is -2.12. The molecule has 0 fully saturated rings. The molecule has 0 unspecified atom stereocenters. The SMILES string of the molecule is N#Cc1ccc(Cl)c(NC(=O)c2ccc(S)cc2)c1. The summed E-state index contributed by atoms with van der Waals surface area (Å²) in [5.41, 5.74) is 1.35. The molecule has 3 nitrogen and oxygen atoms in total. The van der Waals surface area contributed by atoms with E-state index in [0.29, 0.717) is 21.8 Å². The highest BCUT2D eigenvalue weighted by Crippen LogP contribution is 2.23. The number of halogens is 1. The maximum absolute atomic E-state index is 12.0. The fourth-order valence-corrected chi connectivity index (χ4v) is 1.81. The third-order valence-corrected chi connectivity index (χ3v) is 3.10. The highest BCUT2D eigenvalue weighted by molar-refractivity contribution is 7.80. The molecule has 2 aromatic carbocycles.